The maximum atomic E-state index is 13.3. The molecule has 5 rings (SSSR count). The standard InChI is InChI=1S/C24H24N2O4/c1-13-3-8-17(9-4-13)25-20(27)12-18(19-10-5-14(2)30-19)26-23(28)21-15-6-7-16(11-15)22(21)24(26)29/h3-10,15-16,18,21-22H,11-12H2,1-2H3,(H,25,27). The molecule has 6 nitrogen and oxygen atoms in total. The van der Waals surface area contributed by atoms with Crippen molar-refractivity contribution >= 4 is 23.4 Å². The SMILES string of the molecule is Cc1ccc(NC(=O)CC(c2ccc(C)o2)N2C(=O)C3C4C=CC(C4)C3C2=O)cc1. The predicted molar refractivity (Wildman–Crippen MR) is 110 cm³/mol. The van der Waals surface area contributed by atoms with Crippen LogP contribution >= 0.6 is 0 Å². The number of nitrogens with one attached hydrogen (secondary N) is 1. The largest absolute Gasteiger partial charge is 0.464 e. The average Bonchev–Trinajstić information content (AvgIpc) is 3.47. The molecular weight excluding hydrogens is 380 g/mol. The maximum absolute atomic E-state index is 13.3. The van der Waals surface area contributed by atoms with Gasteiger partial charge in [-0.05, 0) is 56.4 Å². The Bertz CT molecular complexity index is 1020. The molecule has 1 aliphatic heterocycles. The number of amides is 3. The van der Waals surface area contributed by atoms with Gasteiger partial charge in [0.05, 0.1) is 18.3 Å². The van der Waals surface area contributed by atoms with Crippen LogP contribution in [0.4, 0.5) is 5.69 Å². The second-order valence-corrected chi connectivity index (χ2v) is 8.63. The Morgan fingerprint density at radius 1 is 1.03 bits per heavy atom. The van der Waals surface area contributed by atoms with E-state index in [1.165, 1.54) is 4.90 Å². The van der Waals surface area contributed by atoms with E-state index in [-0.39, 0.29) is 47.8 Å². The Labute approximate surface area is 174 Å². The molecule has 1 saturated carbocycles. The molecule has 6 heteroatoms. The van der Waals surface area contributed by atoms with E-state index < -0.39 is 6.04 Å². The van der Waals surface area contributed by atoms with Crippen molar-refractivity contribution in [1.82, 2.24) is 4.90 Å². The zero-order chi connectivity index (χ0) is 21.0. The molecule has 0 spiro atoms. The number of hydrogen-bond acceptors (Lipinski definition) is 4. The summed E-state index contributed by atoms with van der Waals surface area (Å²) in [5.74, 6) is 0.175. The summed E-state index contributed by atoms with van der Waals surface area (Å²) in [5, 5.41) is 2.87. The van der Waals surface area contributed by atoms with Gasteiger partial charge < -0.3 is 9.73 Å². The molecule has 3 aliphatic rings. The number of nitrogens with zero attached hydrogens (tertiary/aromatic N) is 1. The highest BCUT2D eigenvalue weighted by Gasteiger charge is 2.60. The molecule has 0 radical (unpaired) electrons. The molecule has 3 amide bonds. The van der Waals surface area contributed by atoms with E-state index in [9.17, 15) is 14.4 Å². The third-order valence-corrected chi connectivity index (χ3v) is 6.62. The lowest BCUT2D eigenvalue weighted by atomic mass is 9.85. The fraction of sp³-hybridized carbons (Fsp3) is 0.375. The van der Waals surface area contributed by atoms with Crippen molar-refractivity contribution in [3.63, 3.8) is 0 Å². The van der Waals surface area contributed by atoms with Crippen molar-refractivity contribution in [2.45, 2.75) is 32.7 Å². The van der Waals surface area contributed by atoms with Crippen LogP contribution in [0.5, 0.6) is 0 Å². The molecular formula is C24H24N2O4. The first-order chi connectivity index (χ1) is 14.4. The minimum Gasteiger partial charge on any atom is -0.464 e. The van der Waals surface area contributed by atoms with Gasteiger partial charge in [0.2, 0.25) is 17.7 Å². The van der Waals surface area contributed by atoms with Crippen molar-refractivity contribution in [3.8, 4) is 0 Å². The van der Waals surface area contributed by atoms with Gasteiger partial charge in [-0.25, -0.2) is 0 Å². The minimum atomic E-state index is -0.742. The number of benzene rings is 1. The van der Waals surface area contributed by atoms with Gasteiger partial charge in [-0.2, -0.15) is 0 Å². The molecule has 154 valence electrons. The van der Waals surface area contributed by atoms with Gasteiger partial charge in [0, 0.05) is 5.69 Å². The van der Waals surface area contributed by atoms with Crippen molar-refractivity contribution in [2.24, 2.45) is 23.7 Å². The van der Waals surface area contributed by atoms with E-state index in [2.05, 4.69) is 17.5 Å². The van der Waals surface area contributed by atoms with Crippen LogP contribution in [-0.4, -0.2) is 22.6 Å². The Morgan fingerprint density at radius 3 is 2.23 bits per heavy atom. The summed E-state index contributed by atoms with van der Waals surface area (Å²) in [6, 6.07) is 10.3. The number of allylic oxidation sites excluding steroid dienone is 2. The Balaban J connectivity index is 1.42. The lowest BCUT2D eigenvalue weighted by Gasteiger charge is -2.26. The average molecular weight is 404 g/mol. The number of likely N-dealkylation sites (tertiary alicyclic amines) is 1. The monoisotopic (exact) mass is 404 g/mol. The van der Waals surface area contributed by atoms with Crippen molar-refractivity contribution in [1.29, 1.82) is 0 Å². The fourth-order valence-electron chi connectivity index (χ4n) is 5.21. The van der Waals surface area contributed by atoms with Crippen molar-refractivity contribution < 1.29 is 18.8 Å². The number of carbonyl (C=O) groups excluding carboxylic acids is 3. The van der Waals surface area contributed by atoms with E-state index in [0.29, 0.717) is 17.2 Å². The second kappa shape index (κ2) is 6.97. The molecule has 2 heterocycles. The summed E-state index contributed by atoms with van der Waals surface area (Å²) < 4.78 is 5.77. The molecule has 2 fully saturated rings. The van der Waals surface area contributed by atoms with E-state index >= 15 is 0 Å². The molecule has 5 unspecified atom stereocenters. The number of rotatable bonds is 5. The number of hydrogen-bond donors (Lipinski definition) is 1. The summed E-state index contributed by atoms with van der Waals surface area (Å²) >= 11 is 0. The first-order valence-corrected chi connectivity index (χ1v) is 10.4. The maximum Gasteiger partial charge on any atom is 0.234 e. The summed E-state index contributed by atoms with van der Waals surface area (Å²) in [6.45, 7) is 3.78. The highest BCUT2D eigenvalue weighted by Crippen LogP contribution is 2.54. The summed E-state index contributed by atoms with van der Waals surface area (Å²) in [6.07, 6.45) is 4.97. The van der Waals surface area contributed by atoms with Gasteiger partial charge in [0.15, 0.2) is 0 Å². The Morgan fingerprint density at radius 2 is 1.67 bits per heavy atom. The Kier molecular flexibility index (Phi) is 4.38. The van der Waals surface area contributed by atoms with Gasteiger partial charge in [0.25, 0.3) is 0 Å². The number of fused-ring (bicyclic) bond motifs is 5. The minimum absolute atomic E-state index is 0.0412. The highest BCUT2D eigenvalue weighted by molar-refractivity contribution is 6.07. The number of carbonyl (C=O) groups is 3. The highest BCUT2D eigenvalue weighted by atomic mass is 16.3. The Hall–Kier alpha value is -3.15. The summed E-state index contributed by atoms with van der Waals surface area (Å²) in [4.78, 5) is 40.7. The zero-order valence-corrected chi connectivity index (χ0v) is 17.0. The van der Waals surface area contributed by atoms with Crippen LogP contribution in [0.3, 0.4) is 0 Å². The number of anilines is 1. The van der Waals surface area contributed by atoms with Gasteiger partial charge >= 0.3 is 0 Å². The van der Waals surface area contributed by atoms with E-state index in [4.69, 9.17) is 4.42 Å². The molecule has 1 aromatic carbocycles. The predicted octanol–water partition coefficient (Wildman–Crippen LogP) is 3.77. The fourth-order valence-corrected chi connectivity index (χ4v) is 5.21. The summed E-state index contributed by atoms with van der Waals surface area (Å²) in [7, 11) is 0. The normalized spacial score (nSPS) is 27.6. The molecule has 30 heavy (non-hydrogen) atoms. The van der Waals surface area contributed by atoms with E-state index in [0.717, 1.165) is 12.0 Å². The second-order valence-electron chi connectivity index (χ2n) is 8.63. The van der Waals surface area contributed by atoms with Crippen molar-refractivity contribution in [2.75, 3.05) is 5.32 Å². The molecule has 2 aromatic rings. The number of aryl methyl sites for hydroxylation is 2. The third kappa shape index (κ3) is 2.98. The van der Waals surface area contributed by atoms with Gasteiger partial charge in [-0.15, -0.1) is 0 Å². The molecule has 2 aliphatic carbocycles. The van der Waals surface area contributed by atoms with Crippen molar-refractivity contribution in [3.05, 3.63) is 65.6 Å². The summed E-state index contributed by atoms with van der Waals surface area (Å²) in [5.41, 5.74) is 1.78. The number of furan rings is 1. The third-order valence-electron chi connectivity index (χ3n) is 6.62. The van der Waals surface area contributed by atoms with Gasteiger partial charge in [-0.3, -0.25) is 19.3 Å². The van der Waals surface area contributed by atoms with Crippen LogP contribution in [0.25, 0.3) is 0 Å². The van der Waals surface area contributed by atoms with Crippen LogP contribution in [0, 0.1) is 37.5 Å². The van der Waals surface area contributed by atoms with Crippen LogP contribution in [0.2, 0.25) is 0 Å². The van der Waals surface area contributed by atoms with Crippen LogP contribution < -0.4 is 5.32 Å². The molecule has 5 atom stereocenters. The van der Waals surface area contributed by atoms with Gasteiger partial charge in [0.1, 0.15) is 17.6 Å². The first-order valence-electron chi connectivity index (χ1n) is 10.4. The molecule has 1 saturated heterocycles. The number of imide groups is 1. The zero-order valence-electron chi connectivity index (χ0n) is 17.0. The van der Waals surface area contributed by atoms with E-state index in [1.54, 1.807) is 19.1 Å². The topological polar surface area (TPSA) is 79.6 Å². The van der Waals surface area contributed by atoms with Gasteiger partial charge in [-0.1, -0.05) is 29.8 Å². The first kappa shape index (κ1) is 18.9. The molecule has 1 N–H and O–H groups in total. The van der Waals surface area contributed by atoms with Crippen LogP contribution in [0.15, 0.2) is 53.0 Å². The lowest BCUT2D eigenvalue weighted by Crippen LogP contribution is -2.38. The quantitative estimate of drug-likeness (QED) is 0.608. The smallest absolute Gasteiger partial charge is 0.234 e. The molecule has 2 bridgehead atoms. The molecule has 1 aromatic heterocycles. The lowest BCUT2D eigenvalue weighted by molar-refractivity contribution is -0.144. The van der Waals surface area contributed by atoms with Crippen LogP contribution in [-0.2, 0) is 14.4 Å². The van der Waals surface area contributed by atoms with Crippen LogP contribution in [0.1, 0.15) is 36.0 Å². The van der Waals surface area contributed by atoms with E-state index in [1.807, 2.05) is 31.2 Å².